The monoisotopic (exact) mass is 270 g/mol. The van der Waals surface area contributed by atoms with Gasteiger partial charge in [0.15, 0.2) is 5.82 Å². The van der Waals surface area contributed by atoms with E-state index in [0.29, 0.717) is 0 Å². The molecule has 0 aliphatic carbocycles. The van der Waals surface area contributed by atoms with E-state index in [9.17, 15) is 0 Å². The van der Waals surface area contributed by atoms with Crippen molar-refractivity contribution >= 4 is 11.3 Å². The van der Waals surface area contributed by atoms with Crippen molar-refractivity contribution in [2.75, 3.05) is 11.9 Å². The van der Waals surface area contributed by atoms with Crippen LogP contribution in [0.5, 0.6) is 0 Å². The van der Waals surface area contributed by atoms with Gasteiger partial charge in [0, 0.05) is 31.2 Å². The van der Waals surface area contributed by atoms with Crippen LogP contribution in [0.25, 0.3) is 5.52 Å². The molecule has 6 heteroatoms. The summed E-state index contributed by atoms with van der Waals surface area (Å²) in [6, 6.07) is 4.05. The largest absolute Gasteiger partial charge is 0.368 e. The minimum Gasteiger partial charge on any atom is -0.368 e. The van der Waals surface area contributed by atoms with Gasteiger partial charge < -0.3 is 5.32 Å². The fourth-order valence-corrected chi connectivity index (χ4v) is 2.33. The summed E-state index contributed by atoms with van der Waals surface area (Å²) in [5, 5.41) is 12.0. The van der Waals surface area contributed by atoms with E-state index in [0.717, 1.165) is 36.5 Å². The predicted octanol–water partition coefficient (Wildman–Crippen LogP) is 2.04. The molecule has 0 atom stereocenters. The molecule has 0 aliphatic heterocycles. The molecule has 0 saturated carbocycles. The van der Waals surface area contributed by atoms with Gasteiger partial charge in [-0.15, -0.1) is 0 Å². The maximum atomic E-state index is 4.46. The number of hydrogen-bond acceptors (Lipinski definition) is 4. The molecule has 3 aromatic rings. The summed E-state index contributed by atoms with van der Waals surface area (Å²) < 4.78 is 3.86. The van der Waals surface area contributed by atoms with E-state index in [-0.39, 0.29) is 0 Å². The first-order valence-corrected chi connectivity index (χ1v) is 6.77. The van der Waals surface area contributed by atoms with Gasteiger partial charge in [-0.2, -0.15) is 10.2 Å². The molecule has 3 heterocycles. The molecular weight excluding hydrogens is 252 g/mol. The van der Waals surface area contributed by atoms with Crippen LogP contribution in [0.1, 0.15) is 17.8 Å². The second kappa shape index (κ2) is 5.32. The Morgan fingerprint density at radius 1 is 1.25 bits per heavy atom. The molecule has 104 valence electrons. The van der Waals surface area contributed by atoms with Crippen molar-refractivity contribution in [3.05, 3.63) is 42.1 Å². The number of rotatable bonds is 5. The van der Waals surface area contributed by atoms with Crippen LogP contribution in [0.3, 0.4) is 0 Å². The van der Waals surface area contributed by atoms with Crippen molar-refractivity contribution in [1.29, 1.82) is 0 Å². The molecule has 0 bridgehead atoms. The molecule has 0 spiro atoms. The maximum Gasteiger partial charge on any atom is 0.152 e. The first-order valence-electron chi connectivity index (χ1n) is 6.77. The van der Waals surface area contributed by atoms with E-state index in [1.54, 1.807) is 12.4 Å². The fourth-order valence-electron chi connectivity index (χ4n) is 2.33. The number of fused-ring (bicyclic) bond motifs is 1. The van der Waals surface area contributed by atoms with Gasteiger partial charge >= 0.3 is 0 Å². The van der Waals surface area contributed by atoms with Gasteiger partial charge in [0.05, 0.1) is 11.9 Å². The van der Waals surface area contributed by atoms with E-state index in [1.807, 2.05) is 28.4 Å². The predicted molar refractivity (Wildman–Crippen MR) is 77.8 cm³/mol. The van der Waals surface area contributed by atoms with Crippen LogP contribution in [0.15, 0.2) is 30.7 Å². The molecule has 0 aromatic carbocycles. The fraction of sp³-hybridized carbons (Fsp3) is 0.357. The minimum absolute atomic E-state index is 0.857. The van der Waals surface area contributed by atoms with Gasteiger partial charge in [0.25, 0.3) is 0 Å². The molecule has 20 heavy (non-hydrogen) atoms. The SMILES string of the molecule is Cc1cc(C)n(CCCNc2nccn3nccc23)n1. The average Bonchev–Trinajstić information content (AvgIpc) is 3.01. The Morgan fingerprint density at radius 2 is 2.15 bits per heavy atom. The van der Waals surface area contributed by atoms with Gasteiger partial charge in [0.1, 0.15) is 5.52 Å². The maximum absolute atomic E-state index is 4.46. The standard InChI is InChI=1S/C14H18N6/c1-11-10-12(2)19(18-11)8-3-5-15-14-13-4-6-17-20(13)9-7-16-14/h4,6-7,9-10H,3,5,8H2,1-2H3,(H,15,16). The topological polar surface area (TPSA) is 60.0 Å². The molecule has 3 aromatic heterocycles. The summed E-state index contributed by atoms with van der Waals surface area (Å²) in [6.45, 7) is 5.87. The van der Waals surface area contributed by atoms with Crippen molar-refractivity contribution in [2.24, 2.45) is 0 Å². The summed E-state index contributed by atoms with van der Waals surface area (Å²) >= 11 is 0. The van der Waals surface area contributed by atoms with Crippen molar-refractivity contribution < 1.29 is 0 Å². The highest BCUT2D eigenvalue weighted by atomic mass is 15.3. The van der Waals surface area contributed by atoms with Crippen molar-refractivity contribution in [3.63, 3.8) is 0 Å². The number of aromatic nitrogens is 5. The van der Waals surface area contributed by atoms with Crippen LogP contribution >= 0.6 is 0 Å². The third-order valence-corrected chi connectivity index (χ3v) is 3.27. The van der Waals surface area contributed by atoms with Gasteiger partial charge in [-0.1, -0.05) is 0 Å². The third kappa shape index (κ3) is 2.49. The summed E-state index contributed by atoms with van der Waals surface area (Å²) in [7, 11) is 0. The number of hydrogen-bond donors (Lipinski definition) is 1. The zero-order valence-electron chi connectivity index (χ0n) is 11.7. The lowest BCUT2D eigenvalue weighted by atomic mass is 10.3. The second-order valence-corrected chi connectivity index (χ2v) is 4.87. The lowest BCUT2D eigenvalue weighted by Gasteiger charge is -2.08. The smallest absolute Gasteiger partial charge is 0.152 e. The molecule has 0 radical (unpaired) electrons. The Hall–Kier alpha value is -2.37. The van der Waals surface area contributed by atoms with E-state index >= 15 is 0 Å². The molecule has 0 aliphatic rings. The zero-order chi connectivity index (χ0) is 13.9. The first-order chi connectivity index (χ1) is 9.74. The Bertz CT molecular complexity index is 711. The highest BCUT2D eigenvalue weighted by Gasteiger charge is 2.03. The van der Waals surface area contributed by atoms with E-state index in [4.69, 9.17) is 0 Å². The van der Waals surface area contributed by atoms with Crippen LogP contribution in [0, 0.1) is 13.8 Å². The molecule has 6 nitrogen and oxygen atoms in total. The van der Waals surface area contributed by atoms with Crippen LogP contribution in [0.4, 0.5) is 5.82 Å². The zero-order valence-corrected chi connectivity index (χ0v) is 11.7. The Balaban J connectivity index is 1.58. The normalized spacial score (nSPS) is 11.1. The Morgan fingerprint density at radius 3 is 2.95 bits per heavy atom. The number of anilines is 1. The van der Waals surface area contributed by atoms with E-state index < -0.39 is 0 Å². The van der Waals surface area contributed by atoms with Crippen molar-refractivity contribution in [3.8, 4) is 0 Å². The lowest BCUT2D eigenvalue weighted by molar-refractivity contribution is 0.573. The summed E-state index contributed by atoms with van der Waals surface area (Å²) in [5.74, 6) is 0.873. The number of aryl methyl sites for hydroxylation is 3. The first kappa shape index (κ1) is 12.7. The van der Waals surface area contributed by atoms with E-state index in [2.05, 4.69) is 33.5 Å². The van der Waals surface area contributed by atoms with E-state index in [1.165, 1.54) is 5.69 Å². The van der Waals surface area contributed by atoms with Crippen molar-refractivity contribution in [2.45, 2.75) is 26.8 Å². The van der Waals surface area contributed by atoms with Crippen LogP contribution in [-0.4, -0.2) is 30.9 Å². The molecule has 0 fully saturated rings. The number of nitrogens with zero attached hydrogens (tertiary/aromatic N) is 5. The van der Waals surface area contributed by atoms with Gasteiger partial charge in [0.2, 0.25) is 0 Å². The third-order valence-electron chi connectivity index (χ3n) is 3.27. The summed E-state index contributed by atoms with van der Waals surface area (Å²) in [5.41, 5.74) is 3.28. The summed E-state index contributed by atoms with van der Waals surface area (Å²) in [6.07, 6.45) is 6.37. The molecular formula is C14H18N6. The van der Waals surface area contributed by atoms with Gasteiger partial charge in [-0.05, 0) is 32.4 Å². The highest BCUT2D eigenvalue weighted by molar-refractivity contribution is 5.66. The molecule has 0 amide bonds. The highest BCUT2D eigenvalue weighted by Crippen LogP contribution is 2.12. The van der Waals surface area contributed by atoms with Crippen LogP contribution in [-0.2, 0) is 6.54 Å². The quantitative estimate of drug-likeness (QED) is 0.721. The van der Waals surface area contributed by atoms with Crippen LogP contribution < -0.4 is 5.32 Å². The van der Waals surface area contributed by atoms with Gasteiger partial charge in [-0.25, -0.2) is 9.50 Å². The van der Waals surface area contributed by atoms with Gasteiger partial charge in [-0.3, -0.25) is 4.68 Å². The number of nitrogens with one attached hydrogen (secondary N) is 1. The molecule has 0 saturated heterocycles. The molecule has 1 N–H and O–H groups in total. The average molecular weight is 270 g/mol. The Kier molecular flexibility index (Phi) is 3.37. The van der Waals surface area contributed by atoms with Crippen molar-refractivity contribution in [1.82, 2.24) is 24.4 Å². The Labute approximate surface area is 117 Å². The minimum atomic E-state index is 0.857. The summed E-state index contributed by atoms with van der Waals surface area (Å²) in [4.78, 5) is 4.35. The lowest BCUT2D eigenvalue weighted by Crippen LogP contribution is -2.10. The van der Waals surface area contributed by atoms with Crippen LogP contribution in [0.2, 0.25) is 0 Å². The molecule has 0 unspecified atom stereocenters. The molecule has 3 rings (SSSR count). The second-order valence-electron chi connectivity index (χ2n) is 4.87.